The van der Waals surface area contributed by atoms with E-state index in [1.165, 1.54) is 6.33 Å². The molecule has 1 aliphatic carbocycles. The average molecular weight is 250 g/mol. The summed E-state index contributed by atoms with van der Waals surface area (Å²) >= 11 is 0. The van der Waals surface area contributed by atoms with Crippen LogP contribution < -0.4 is 10.6 Å². The van der Waals surface area contributed by atoms with Crippen LogP contribution in [0, 0.1) is 0 Å². The van der Waals surface area contributed by atoms with Crippen molar-refractivity contribution in [1.29, 1.82) is 0 Å². The van der Waals surface area contributed by atoms with Gasteiger partial charge < -0.3 is 10.6 Å². The topological polar surface area (TPSA) is 72.1 Å². The van der Waals surface area contributed by atoms with Crippen molar-refractivity contribution in [3.8, 4) is 0 Å². The summed E-state index contributed by atoms with van der Waals surface area (Å²) in [5.74, 6) is 0.328. The van der Waals surface area contributed by atoms with Crippen molar-refractivity contribution in [1.82, 2.24) is 9.97 Å². The van der Waals surface area contributed by atoms with E-state index >= 15 is 0 Å². The molecule has 5 nitrogen and oxygen atoms in total. The molecule has 18 heavy (non-hydrogen) atoms. The Labute approximate surface area is 104 Å². The zero-order chi connectivity index (χ0) is 12.8. The highest BCUT2D eigenvalue weighted by molar-refractivity contribution is 5.85. The van der Waals surface area contributed by atoms with Crippen LogP contribution >= 0.6 is 0 Å². The lowest BCUT2D eigenvalue weighted by atomic mass is 10.1. The van der Waals surface area contributed by atoms with Crippen LogP contribution in [0.1, 0.15) is 30.9 Å². The normalized spacial score (nSPS) is 27.5. The number of rotatable bonds is 3. The summed E-state index contributed by atoms with van der Waals surface area (Å²) in [6, 6.07) is 1.89. The Bertz CT molecular complexity index is 491. The monoisotopic (exact) mass is 250 g/mol. The van der Waals surface area contributed by atoms with E-state index in [-0.39, 0.29) is 13.0 Å². The summed E-state index contributed by atoms with van der Waals surface area (Å²) in [6.07, 6.45) is 3.95. The number of nitrogens with zero attached hydrogens (tertiary/aromatic N) is 3. The van der Waals surface area contributed by atoms with Gasteiger partial charge in [0.05, 0.1) is 6.54 Å². The van der Waals surface area contributed by atoms with Gasteiger partial charge in [0, 0.05) is 30.6 Å². The summed E-state index contributed by atoms with van der Waals surface area (Å²) in [5, 5.41) is 0. The van der Waals surface area contributed by atoms with E-state index in [2.05, 4.69) is 9.97 Å². The lowest BCUT2D eigenvalue weighted by Gasteiger charge is -2.19. The second-order valence-corrected chi connectivity index (χ2v) is 5.08. The summed E-state index contributed by atoms with van der Waals surface area (Å²) in [4.78, 5) is 21.2. The van der Waals surface area contributed by atoms with Crippen molar-refractivity contribution in [3.63, 3.8) is 0 Å². The number of halogens is 1. The molecule has 96 valence electrons. The summed E-state index contributed by atoms with van der Waals surface area (Å²) in [7, 11) is 0. The zero-order valence-corrected chi connectivity index (χ0v) is 9.97. The molecule has 1 atom stereocenters. The fourth-order valence-electron chi connectivity index (χ4n) is 2.31. The van der Waals surface area contributed by atoms with Crippen molar-refractivity contribution in [2.75, 3.05) is 18.0 Å². The van der Waals surface area contributed by atoms with Crippen LogP contribution in [-0.2, 0) is 4.79 Å². The summed E-state index contributed by atoms with van der Waals surface area (Å²) in [6.45, 7) is 0.448. The second-order valence-electron chi connectivity index (χ2n) is 5.08. The van der Waals surface area contributed by atoms with Gasteiger partial charge in [-0.2, -0.15) is 0 Å². The molecule has 3 rings (SSSR count). The number of carbonyl (C=O) groups excluding carboxylic acids is 1. The molecule has 1 aromatic rings. The van der Waals surface area contributed by atoms with Crippen molar-refractivity contribution < 1.29 is 9.18 Å². The minimum absolute atomic E-state index is 0.0105. The molecule has 2 heterocycles. The number of aromatic nitrogens is 2. The van der Waals surface area contributed by atoms with Crippen LogP contribution in [0.2, 0.25) is 0 Å². The molecule has 6 heteroatoms. The predicted molar refractivity (Wildman–Crippen MR) is 63.9 cm³/mol. The Morgan fingerprint density at radius 2 is 2.28 bits per heavy atom. The quantitative estimate of drug-likeness (QED) is 0.859. The van der Waals surface area contributed by atoms with Crippen LogP contribution in [0.5, 0.6) is 0 Å². The molecule has 0 spiro atoms. The van der Waals surface area contributed by atoms with Crippen molar-refractivity contribution in [2.24, 2.45) is 5.73 Å². The molecule has 1 amide bonds. The van der Waals surface area contributed by atoms with E-state index in [0.717, 1.165) is 18.5 Å². The number of alkyl halides is 1. The third-order valence-electron chi connectivity index (χ3n) is 3.65. The number of hydrogen-bond acceptors (Lipinski definition) is 4. The standard InChI is InChI=1S/C12H15FN4O/c13-12(11(14)18)3-4-17(6-12)10-5-9(8-1-2-8)15-7-16-10/h5,7-8H,1-4,6H2,(H2,14,18). The van der Waals surface area contributed by atoms with E-state index in [1.54, 1.807) is 4.90 Å². The highest BCUT2D eigenvalue weighted by Crippen LogP contribution is 2.40. The van der Waals surface area contributed by atoms with Crippen LogP contribution in [0.3, 0.4) is 0 Å². The molecule has 2 N–H and O–H groups in total. The molecule has 2 aliphatic rings. The maximum absolute atomic E-state index is 14.1. The lowest BCUT2D eigenvalue weighted by Crippen LogP contribution is -2.42. The molecule has 1 saturated carbocycles. The highest BCUT2D eigenvalue weighted by atomic mass is 19.1. The smallest absolute Gasteiger partial charge is 0.257 e. The molecule has 1 saturated heterocycles. The number of amides is 1. The Balaban J connectivity index is 1.80. The lowest BCUT2D eigenvalue weighted by molar-refractivity contribution is -0.128. The minimum atomic E-state index is -1.93. The van der Waals surface area contributed by atoms with Gasteiger partial charge in [-0.3, -0.25) is 4.79 Å². The fraction of sp³-hybridized carbons (Fsp3) is 0.583. The predicted octanol–water partition coefficient (Wildman–Crippen LogP) is 0.758. The fourth-order valence-corrected chi connectivity index (χ4v) is 2.31. The average Bonchev–Trinajstić information content (AvgIpc) is 3.13. The molecule has 2 fully saturated rings. The van der Waals surface area contributed by atoms with Crippen LogP contribution in [0.15, 0.2) is 12.4 Å². The molecule has 0 radical (unpaired) electrons. The number of nitrogens with two attached hydrogens (primary N) is 1. The van der Waals surface area contributed by atoms with Gasteiger partial charge in [0.2, 0.25) is 5.67 Å². The number of carbonyl (C=O) groups is 1. The van der Waals surface area contributed by atoms with Crippen molar-refractivity contribution >= 4 is 11.7 Å². The van der Waals surface area contributed by atoms with Gasteiger partial charge in [0.1, 0.15) is 12.1 Å². The first-order chi connectivity index (χ1) is 8.58. The largest absolute Gasteiger partial charge is 0.367 e. The van der Waals surface area contributed by atoms with Crippen LogP contribution in [0.25, 0.3) is 0 Å². The number of primary amides is 1. The van der Waals surface area contributed by atoms with Gasteiger partial charge in [-0.15, -0.1) is 0 Å². The van der Waals surface area contributed by atoms with Crippen LogP contribution in [0.4, 0.5) is 10.2 Å². The number of anilines is 1. The van der Waals surface area contributed by atoms with E-state index in [1.807, 2.05) is 6.07 Å². The van der Waals surface area contributed by atoms with Crippen LogP contribution in [-0.4, -0.2) is 34.6 Å². The Hall–Kier alpha value is -1.72. The van der Waals surface area contributed by atoms with Gasteiger partial charge >= 0.3 is 0 Å². The third kappa shape index (κ3) is 1.91. The Morgan fingerprint density at radius 3 is 2.89 bits per heavy atom. The minimum Gasteiger partial charge on any atom is -0.367 e. The number of hydrogen-bond donors (Lipinski definition) is 1. The first-order valence-corrected chi connectivity index (χ1v) is 6.14. The van der Waals surface area contributed by atoms with Gasteiger partial charge in [0.15, 0.2) is 0 Å². The Kier molecular flexibility index (Phi) is 2.46. The first-order valence-electron chi connectivity index (χ1n) is 6.14. The second kappa shape index (κ2) is 3.90. The van der Waals surface area contributed by atoms with E-state index in [9.17, 15) is 9.18 Å². The van der Waals surface area contributed by atoms with Gasteiger partial charge in [-0.25, -0.2) is 14.4 Å². The van der Waals surface area contributed by atoms with Gasteiger partial charge in [-0.1, -0.05) is 0 Å². The molecule has 0 aromatic carbocycles. The maximum Gasteiger partial charge on any atom is 0.257 e. The first kappa shape index (κ1) is 11.4. The summed E-state index contributed by atoms with van der Waals surface area (Å²) < 4.78 is 14.1. The summed E-state index contributed by atoms with van der Waals surface area (Å²) in [5.41, 5.74) is 4.17. The van der Waals surface area contributed by atoms with Crippen molar-refractivity contribution in [2.45, 2.75) is 30.8 Å². The maximum atomic E-state index is 14.1. The molecule has 1 aromatic heterocycles. The third-order valence-corrected chi connectivity index (χ3v) is 3.65. The molecular formula is C12H15FN4O. The highest BCUT2D eigenvalue weighted by Gasteiger charge is 2.44. The van der Waals surface area contributed by atoms with E-state index in [0.29, 0.717) is 18.3 Å². The SMILES string of the molecule is NC(=O)C1(F)CCN(c2cc(C3CC3)ncn2)C1. The Morgan fingerprint density at radius 1 is 1.50 bits per heavy atom. The van der Waals surface area contributed by atoms with E-state index < -0.39 is 11.6 Å². The molecule has 0 bridgehead atoms. The van der Waals surface area contributed by atoms with Crippen molar-refractivity contribution in [3.05, 3.63) is 18.1 Å². The molecule has 1 unspecified atom stereocenters. The van der Waals surface area contributed by atoms with Gasteiger partial charge in [0.25, 0.3) is 5.91 Å². The zero-order valence-electron chi connectivity index (χ0n) is 9.97. The van der Waals surface area contributed by atoms with Gasteiger partial charge in [-0.05, 0) is 12.8 Å². The molecular weight excluding hydrogens is 235 g/mol. The van der Waals surface area contributed by atoms with E-state index in [4.69, 9.17) is 5.73 Å². The molecule has 1 aliphatic heterocycles.